The van der Waals surface area contributed by atoms with Gasteiger partial charge in [-0.05, 0) is 30.8 Å². The van der Waals surface area contributed by atoms with E-state index in [1.807, 2.05) is 0 Å². The molecule has 1 aliphatic rings. The first-order chi connectivity index (χ1) is 14.8. The van der Waals surface area contributed by atoms with E-state index in [1.165, 1.54) is 6.08 Å². The molecule has 0 amide bonds. The number of allylic oxidation sites excluding steroid dienone is 2. The van der Waals surface area contributed by atoms with Crippen LogP contribution < -0.4 is 0 Å². The van der Waals surface area contributed by atoms with Crippen molar-refractivity contribution < 1.29 is 28.6 Å². The maximum atomic E-state index is 14.1. The maximum absolute atomic E-state index is 14.1. The monoisotopic (exact) mass is 458 g/mol. The molecule has 1 rings (SSSR count). The molecule has 6 nitrogen and oxygen atoms in total. The van der Waals surface area contributed by atoms with Crippen LogP contribution in [0.4, 0.5) is 0 Å². The van der Waals surface area contributed by atoms with Gasteiger partial charge in [-0.2, -0.15) is 0 Å². The Morgan fingerprint density at radius 1 is 1.00 bits per heavy atom. The van der Waals surface area contributed by atoms with Gasteiger partial charge in [0.1, 0.15) is 0 Å². The van der Waals surface area contributed by atoms with Crippen LogP contribution in [0.25, 0.3) is 0 Å². The zero-order valence-electron chi connectivity index (χ0n) is 19.8. The molecule has 31 heavy (non-hydrogen) atoms. The lowest BCUT2D eigenvalue weighted by atomic mass is 9.94. The van der Waals surface area contributed by atoms with Crippen LogP contribution in [0, 0.1) is 17.8 Å². The molecule has 0 aromatic heterocycles. The fourth-order valence-corrected chi connectivity index (χ4v) is 5.96. The van der Waals surface area contributed by atoms with E-state index in [1.54, 1.807) is 18.2 Å². The summed E-state index contributed by atoms with van der Waals surface area (Å²) in [6, 6.07) is 0. The Hall–Kier alpha value is -0.940. The minimum Gasteiger partial charge on any atom is -0.481 e. The van der Waals surface area contributed by atoms with Gasteiger partial charge in [0.25, 0.3) is 0 Å². The van der Waals surface area contributed by atoms with Crippen LogP contribution in [0.5, 0.6) is 0 Å². The summed E-state index contributed by atoms with van der Waals surface area (Å²) in [6.07, 6.45) is 13.8. The van der Waals surface area contributed by atoms with Gasteiger partial charge >= 0.3 is 13.6 Å². The number of carboxylic acid groups (broad SMARTS) is 1. The van der Waals surface area contributed by atoms with E-state index < -0.39 is 24.8 Å². The first-order valence-electron chi connectivity index (χ1n) is 12.0. The molecule has 0 aliphatic heterocycles. The Bertz CT molecular complexity index is 608. The topological polar surface area (TPSA) is 93.1 Å². The average molecular weight is 459 g/mol. The quantitative estimate of drug-likeness (QED) is 0.240. The van der Waals surface area contributed by atoms with Crippen molar-refractivity contribution in [2.24, 2.45) is 17.8 Å². The van der Waals surface area contributed by atoms with E-state index in [4.69, 9.17) is 9.05 Å². The molecule has 7 heteroatoms. The van der Waals surface area contributed by atoms with Crippen molar-refractivity contribution in [2.75, 3.05) is 13.2 Å². The zero-order valence-corrected chi connectivity index (χ0v) is 20.7. The lowest BCUT2D eigenvalue weighted by Gasteiger charge is -2.39. The van der Waals surface area contributed by atoms with Crippen LogP contribution in [0.2, 0.25) is 0 Å². The van der Waals surface area contributed by atoms with Gasteiger partial charge in [-0.25, -0.2) is 0 Å². The summed E-state index contributed by atoms with van der Waals surface area (Å²) >= 11 is 0. The van der Waals surface area contributed by atoms with Crippen molar-refractivity contribution in [3.8, 4) is 0 Å². The highest BCUT2D eigenvalue weighted by Crippen LogP contribution is 2.64. The second-order valence-electron chi connectivity index (χ2n) is 8.65. The largest absolute Gasteiger partial charge is 0.481 e. The molecule has 1 aliphatic carbocycles. The molecule has 0 saturated carbocycles. The molecule has 0 aromatic carbocycles. The van der Waals surface area contributed by atoms with E-state index in [9.17, 15) is 19.6 Å². The third-order valence-corrected chi connectivity index (χ3v) is 8.56. The summed E-state index contributed by atoms with van der Waals surface area (Å²) in [5, 5.41) is 18.8. The molecule has 4 unspecified atom stereocenters. The summed E-state index contributed by atoms with van der Waals surface area (Å²) in [5.74, 6) is -1.53. The fourth-order valence-electron chi connectivity index (χ4n) is 3.81. The lowest BCUT2D eigenvalue weighted by molar-refractivity contribution is -0.138. The molecule has 2 N–H and O–H groups in total. The number of hydrogen-bond acceptors (Lipinski definition) is 5. The highest BCUT2D eigenvalue weighted by atomic mass is 31.2. The van der Waals surface area contributed by atoms with Gasteiger partial charge in [-0.3, -0.25) is 9.36 Å². The third kappa shape index (κ3) is 8.49. The Kier molecular flexibility index (Phi) is 12.9. The molecular weight excluding hydrogens is 415 g/mol. The normalized spacial score (nSPS) is 24.6. The molecule has 0 heterocycles. The summed E-state index contributed by atoms with van der Waals surface area (Å²) in [6.45, 7) is 8.83. The van der Waals surface area contributed by atoms with Gasteiger partial charge in [0.15, 0.2) is 5.34 Å². The second kappa shape index (κ2) is 14.3. The van der Waals surface area contributed by atoms with Crippen LogP contribution in [0.3, 0.4) is 0 Å². The fraction of sp³-hybridized carbons (Fsp3) is 0.792. The standard InChI is InChI=1S/C24H43O6P/c1-5-9-13-20(7-3)18-29-31(28,30-19-21(8-4)14-10-6-2)24(27)16-12-11-15-22(24)17-23(25)26/h11-12,15-16,20-22,27H,5-10,13-14,17-19H2,1-4H3,(H,25,26). The Morgan fingerprint density at radius 3 is 1.94 bits per heavy atom. The molecule has 0 bridgehead atoms. The van der Waals surface area contributed by atoms with Crippen LogP contribution >= 0.6 is 7.60 Å². The summed E-state index contributed by atoms with van der Waals surface area (Å²) in [7, 11) is -4.06. The smallest absolute Gasteiger partial charge is 0.366 e. The van der Waals surface area contributed by atoms with E-state index in [0.717, 1.165) is 51.4 Å². The second-order valence-corrected chi connectivity index (χ2v) is 10.9. The highest BCUT2D eigenvalue weighted by molar-refractivity contribution is 7.55. The Labute approximate surface area is 188 Å². The predicted molar refractivity (Wildman–Crippen MR) is 125 cm³/mol. The molecular formula is C24H43O6P. The maximum Gasteiger partial charge on any atom is 0.366 e. The SMILES string of the molecule is CCCCC(CC)COP(=O)(OCC(CC)CCCC)C1(O)C=CC=CC1CC(=O)O. The summed E-state index contributed by atoms with van der Waals surface area (Å²) in [4.78, 5) is 11.4. The molecule has 0 saturated heterocycles. The average Bonchev–Trinajstić information content (AvgIpc) is 2.75. The number of hydrogen-bond donors (Lipinski definition) is 2. The van der Waals surface area contributed by atoms with Crippen molar-refractivity contribution in [3.05, 3.63) is 24.3 Å². The number of carboxylic acids is 1. The number of carbonyl (C=O) groups is 1. The predicted octanol–water partition coefficient (Wildman–Crippen LogP) is 6.55. The van der Waals surface area contributed by atoms with Crippen molar-refractivity contribution in [2.45, 2.75) is 90.8 Å². The summed E-state index contributed by atoms with van der Waals surface area (Å²) < 4.78 is 26.0. The van der Waals surface area contributed by atoms with E-state index in [2.05, 4.69) is 27.7 Å². The summed E-state index contributed by atoms with van der Waals surface area (Å²) in [5.41, 5.74) is 0. The molecule has 0 spiro atoms. The zero-order chi connectivity index (χ0) is 23.3. The van der Waals surface area contributed by atoms with Gasteiger partial charge in [0.2, 0.25) is 0 Å². The van der Waals surface area contributed by atoms with Gasteiger partial charge in [-0.1, -0.05) is 84.4 Å². The van der Waals surface area contributed by atoms with Gasteiger partial charge < -0.3 is 19.3 Å². The Morgan fingerprint density at radius 2 is 1.52 bits per heavy atom. The van der Waals surface area contributed by atoms with Crippen LogP contribution in [-0.4, -0.2) is 34.7 Å². The van der Waals surface area contributed by atoms with Crippen LogP contribution in [0.15, 0.2) is 24.3 Å². The van der Waals surface area contributed by atoms with Gasteiger partial charge in [0, 0.05) is 5.92 Å². The van der Waals surface area contributed by atoms with E-state index in [-0.39, 0.29) is 31.5 Å². The molecule has 180 valence electrons. The van der Waals surface area contributed by atoms with Gasteiger partial charge in [0.05, 0.1) is 19.6 Å². The van der Waals surface area contributed by atoms with Crippen molar-refractivity contribution >= 4 is 13.6 Å². The Balaban J connectivity index is 3.12. The van der Waals surface area contributed by atoms with Crippen LogP contribution in [-0.2, 0) is 18.4 Å². The van der Waals surface area contributed by atoms with Crippen molar-refractivity contribution in [1.82, 2.24) is 0 Å². The van der Waals surface area contributed by atoms with E-state index in [0.29, 0.717) is 0 Å². The number of aliphatic carboxylic acids is 1. The van der Waals surface area contributed by atoms with Gasteiger partial charge in [-0.15, -0.1) is 0 Å². The third-order valence-electron chi connectivity index (χ3n) is 6.22. The first-order valence-corrected chi connectivity index (χ1v) is 13.5. The van der Waals surface area contributed by atoms with E-state index >= 15 is 0 Å². The number of aliphatic hydroxyl groups is 1. The van der Waals surface area contributed by atoms with Crippen molar-refractivity contribution in [1.29, 1.82) is 0 Å². The minimum absolute atomic E-state index is 0.212. The number of rotatable bonds is 17. The number of unbranched alkanes of at least 4 members (excludes halogenated alkanes) is 2. The molecule has 4 atom stereocenters. The highest BCUT2D eigenvalue weighted by Gasteiger charge is 2.54. The molecule has 0 aromatic rings. The molecule has 0 radical (unpaired) electrons. The molecule has 0 fully saturated rings. The minimum atomic E-state index is -4.06. The lowest BCUT2D eigenvalue weighted by Crippen LogP contribution is -2.39. The first kappa shape index (κ1) is 28.1. The van der Waals surface area contributed by atoms with Crippen LogP contribution in [0.1, 0.15) is 85.5 Å². The van der Waals surface area contributed by atoms with Crippen molar-refractivity contribution in [3.63, 3.8) is 0 Å².